The van der Waals surface area contributed by atoms with Crippen molar-refractivity contribution in [3.05, 3.63) is 88.4 Å². The lowest BCUT2D eigenvalue weighted by molar-refractivity contribution is -0.116. The van der Waals surface area contributed by atoms with Gasteiger partial charge in [0.25, 0.3) is 5.91 Å². The number of anilines is 2. The number of nitrogens with two attached hydrogens (primary N) is 1. The first kappa shape index (κ1) is 21.4. The van der Waals surface area contributed by atoms with E-state index in [9.17, 15) is 14.4 Å². The first-order valence-corrected chi connectivity index (χ1v) is 10.9. The number of hydrogen-bond acceptors (Lipinski definition) is 6. The molecule has 0 bridgehead atoms. The normalized spacial score (nSPS) is 10.8. The van der Waals surface area contributed by atoms with Gasteiger partial charge >= 0.3 is 0 Å². The Labute approximate surface area is 189 Å². The van der Waals surface area contributed by atoms with E-state index in [4.69, 9.17) is 5.73 Å². The summed E-state index contributed by atoms with van der Waals surface area (Å²) in [5, 5.41) is 5.85. The number of primary amides is 1. The third kappa shape index (κ3) is 4.73. The van der Waals surface area contributed by atoms with Gasteiger partial charge in [-0.15, -0.1) is 11.3 Å². The highest BCUT2D eigenvalue weighted by Crippen LogP contribution is 2.31. The maximum absolute atomic E-state index is 12.8. The number of hydrogen-bond donors (Lipinski definition) is 2. The van der Waals surface area contributed by atoms with Crippen molar-refractivity contribution in [2.45, 2.75) is 19.8 Å². The second-order valence-electron chi connectivity index (χ2n) is 7.48. The number of aromatic nitrogens is 1. The van der Waals surface area contributed by atoms with Crippen molar-refractivity contribution >= 4 is 50.4 Å². The van der Waals surface area contributed by atoms with Gasteiger partial charge in [-0.3, -0.25) is 14.4 Å². The predicted molar refractivity (Wildman–Crippen MR) is 127 cm³/mol. The van der Waals surface area contributed by atoms with Gasteiger partial charge in [-0.05, 0) is 23.9 Å². The van der Waals surface area contributed by atoms with E-state index < -0.39 is 5.91 Å². The summed E-state index contributed by atoms with van der Waals surface area (Å²) in [5.41, 5.74) is 7.83. The highest BCUT2D eigenvalue weighted by molar-refractivity contribution is 7.16. The third-order valence-corrected chi connectivity index (χ3v) is 5.98. The highest BCUT2D eigenvalue weighted by Gasteiger charge is 2.20. The van der Waals surface area contributed by atoms with Crippen molar-refractivity contribution in [3.63, 3.8) is 0 Å². The minimum Gasteiger partial charge on any atom is -0.364 e. The monoisotopic (exact) mass is 443 g/mol. The van der Waals surface area contributed by atoms with Crippen LogP contribution in [0.1, 0.15) is 38.2 Å². The average molecular weight is 444 g/mol. The number of thiazole rings is 1. The largest absolute Gasteiger partial charge is 0.364 e. The molecule has 0 aliphatic rings. The summed E-state index contributed by atoms with van der Waals surface area (Å²) in [6.07, 6.45) is 0.345. The predicted octanol–water partition coefficient (Wildman–Crippen LogP) is 4.70. The fourth-order valence-electron chi connectivity index (χ4n) is 3.51. The number of nitrogens with one attached hydrogen (secondary N) is 1. The van der Waals surface area contributed by atoms with Crippen molar-refractivity contribution in [1.82, 2.24) is 4.98 Å². The number of carbonyl (C=O) groups is 3. The first-order chi connectivity index (χ1) is 15.4. The lowest BCUT2D eigenvalue weighted by Crippen LogP contribution is -2.15. The number of rotatable bonds is 8. The molecular formula is C25H21N3O3S. The molecule has 0 aliphatic heterocycles. The van der Waals surface area contributed by atoms with Gasteiger partial charge in [0.2, 0.25) is 0 Å². The molecule has 4 aromatic rings. The molecule has 32 heavy (non-hydrogen) atoms. The maximum atomic E-state index is 12.8. The molecule has 0 fully saturated rings. The molecule has 0 spiro atoms. The van der Waals surface area contributed by atoms with Crippen LogP contribution in [0.5, 0.6) is 0 Å². The average Bonchev–Trinajstić information content (AvgIpc) is 3.16. The molecule has 0 aliphatic carbocycles. The van der Waals surface area contributed by atoms with Crippen molar-refractivity contribution in [3.8, 4) is 0 Å². The number of benzene rings is 3. The molecule has 0 saturated heterocycles. The van der Waals surface area contributed by atoms with E-state index in [1.165, 1.54) is 18.3 Å². The van der Waals surface area contributed by atoms with Crippen LogP contribution in [0.15, 0.2) is 66.7 Å². The van der Waals surface area contributed by atoms with Crippen LogP contribution in [-0.2, 0) is 17.6 Å². The number of carbonyl (C=O) groups excluding carboxylic acids is 3. The van der Waals surface area contributed by atoms with Crippen LogP contribution in [0.3, 0.4) is 0 Å². The van der Waals surface area contributed by atoms with E-state index in [-0.39, 0.29) is 23.7 Å². The summed E-state index contributed by atoms with van der Waals surface area (Å²) < 4.78 is 0. The maximum Gasteiger partial charge on any atom is 0.268 e. The lowest BCUT2D eigenvalue weighted by atomic mass is 10.0. The summed E-state index contributed by atoms with van der Waals surface area (Å²) in [6.45, 7) is 1.53. The number of Topliss-reactive ketones (excluding diaryl/α,β-unsaturated/α-hetero) is 2. The quantitative estimate of drug-likeness (QED) is 0.385. The summed E-state index contributed by atoms with van der Waals surface area (Å²) in [6, 6.07) is 20.8. The zero-order valence-electron chi connectivity index (χ0n) is 17.4. The molecule has 160 valence electrons. The van der Waals surface area contributed by atoms with Crippen LogP contribution in [0, 0.1) is 0 Å². The number of ketones is 2. The van der Waals surface area contributed by atoms with Gasteiger partial charge in [-0.2, -0.15) is 0 Å². The van der Waals surface area contributed by atoms with Gasteiger partial charge < -0.3 is 11.1 Å². The first-order valence-electron chi connectivity index (χ1n) is 10.1. The topological polar surface area (TPSA) is 102 Å². The Bertz CT molecular complexity index is 1320. The zero-order chi connectivity index (χ0) is 22.7. The van der Waals surface area contributed by atoms with Crippen molar-refractivity contribution in [2.24, 2.45) is 5.73 Å². The third-order valence-electron chi connectivity index (χ3n) is 5.01. The fourth-order valence-corrected chi connectivity index (χ4v) is 4.49. The van der Waals surface area contributed by atoms with E-state index in [1.54, 1.807) is 24.3 Å². The van der Waals surface area contributed by atoms with Crippen molar-refractivity contribution < 1.29 is 14.4 Å². The minimum absolute atomic E-state index is 0.0131. The molecule has 1 aromatic heterocycles. The summed E-state index contributed by atoms with van der Waals surface area (Å²) in [4.78, 5) is 40.9. The molecule has 6 nitrogen and oxygen atoms in total. The molecular weight excluding hydrogens is 422 g/mol. The van der Waals surface area contributed by atoms with Gasteiger partial charge in [0.05, 0.1) is 0 Å². The van der Waals surface area contributed by atoms with Gasteiger partial charge in [0.1, 0.15) is 11.5 Å². The van der Waals surface area contributed by atoms with Crippen LogP contribution >= 0.6 is 11.3 Å². The molecule has 1 amide bonds. The Morgan fingerprint density at radius 2 is 1.66 bits per heavy atom. The molecule has 0 unspecified atom stereocenters. The lowest BCUT2D eigenvalue weighted by Gasteiger charge is -2.06. The summed E-state index contributed by atoms with van der Waals surface area (Å²) in [5.74, 6) is -0.764. The van der Waals surface area contributed by atoms with Gasteiger partial charge in [0, 0.05) is 34.4 Å². The second-order valence-corrected chi connectivity index (χ2v) is 8.57. The molecule has 4 rings (SSSR count). The number of nitrogens with zero attached hydrogens (tertiary/aromatic N) is 1. The van der Waals surface area contributed by atoms with Crippen LogP contribution in [0.4, 0.5) is 10.8 Å². The van der Waals surface area contributed by atoms with Crippen LogP contribution < -0.4 is 11.1 Å². The Hall–Kier alpha value is -3.84. The van der Waals surface area contributed by atoms with E-state index in [0.717, 1.165) is 22.0 Å². The molecule has 0 saturated carbocycles. The van der Waals surface area contributed by atoms with Crippen molar-refractivity contribution in [2.75, 3.05) is 5.32 Å². The minimum atomic E-state index is -0.674. The van der Waals surface area contributed by atoms with Crippen molar-refractivity contribution in [1.29, 1.82) is 0 Å². The van der Waals surface area contributed by atoms with E-state index >= 15 is 0 Å². The molecule has 0 atom stereocenters. The number of fused-ring (bicyclic) bond motifs is 1. The smallest absolute Gasteiger partial charge is 0.268 e. The molecule has 1 heterocycles. The molecule has 0 radical (unpaired) electrons. The SMILES string of the molecule is CC(=O)Cc1ccc(C(=O)Cc2sc(Nc3cccc4ccccc34)nc2C(N)=O)cc1. The zero-order valence-corrected chi connectivity index (χ0v) is 18.2. The van der Waals surface area contributed by atoms with Gasteiger partial charge in [-0.1, -0.05) is 60.7 Å². The molecule has 7 heteroatoms. The summed E-state index contributed by atoms with van der Waals surface area (Å²) >= 11 is 1.24. The van der Waals surface area contributed by atoms with E-state index in [2.05, 4.69) is 10.3 Å². The Balaban J connectivity index is 1.57. The second kappa shape index (κ2) is 9.11. The van der Waals surface area contributed by atoms with Gasteiger partial charge in [-0.25, -0.2) is 4.98 Å². The standard InChI is InChI=1S/C25H21N3O3S/c1-15(29)13-16-9-11-18(12-10-16)21(30)14-22-23(24(26)31)28-25(32-22)27-20-8-4-6-17-5-2-3-7-19(17)20/h2-12H,13-14H2,1H3,(H2,26,31)(H,27,28). The van der Waals surface area contributed by atoms with E-state index in [1.807, 2.05) is 42.5 Å². The number of amides is 1. The summed E-state index contributed by atoms with van der Waals surface area (Å²) in [7, 11) is 0. The van der Waals surface area contributed by atoms with Crippen LogP contribution in [-0.4, -0.2) is 22.5 Å². The fraction of sp³-hybridized carbons (Fsp3) is 0.120. The Kier molecular flexibility index (Phi) is 6.09. The Morgan fingerprint density at radius 3 is 2.38 bits per heavy atom. The van der Waals surface area contributed by atoms with Crippen LogP contribution in [0.2, 0.25) is 0 Å². The highest BCUT2D eigenvalue weighted by atomic mass is 32.1. The van der Waals surface area contributed by atoms with Gasteiger partial charge in [0.15, 0.2) is 10.9 Å². The Morgan fingerprint density at radius 1 is 0.938 bits per heavy atom. The molecule has 3 aromatic carbocycles. The molecule has 3 N–H and O–H groups in total. The van der Waals surface area contributed by atoms with Crippen LogP contribution in [0.25, 0.3) is 10.8 Å². The van der Waals surface area contributed by atoms with E-state index in [0.29, 0.717) is 22.0 Å².